The van der Waals surface area contributed by atoms with Gasteiger partial charge in [0, 0.05) is 6.20 Å². The summed E-state index contributed by atoms with van der Waals surface area (Å²) in [7, 11) is 0. The summed E-state index contributed by atoms with van der Waals surface area (Å²) in [5.41, 5.74) is -0.810. The van der Waals surface area contributed by atoms with Gasteiger partial charge in [-0.15, -0.1) is 0 Å². The second kappa shape index (κ2) is 6.90. The molecule has 2 N–H and O–H groups in total. The minimum absolute atomic E-state index is 0.148. The molecule has 0 radical (unpaired) electrons. The first-order valence-electron chi connectivity index (χ1n) is 6.81. The fourth-order valence-corrected chi connectivity index (χ4v) is 2.56. The first kappa shape index (κ1) is 15.1. The molecule has 0 unspecified atom stereocenters. The monoisotopic (exact) mass is 298 g/mol. The van der Waals surface area contributed by atoms with Gasteiger partial charge in [0.25, 0.3) is 0 Å². The van der Waals surface area contributed by atoms with Crippen LogP contribution in [0.3, 0.4) is 0 Å². The van der Waals surface area contributed by atoms with Gasteiger partial charge in [0.1, 0.15) is 11.6 Å². The lowest BCUT2D eigenvalue weighted by molar-refractivity contribution is -0.126. The minimum Gasteiger partial charge on any atom is -0.475 e. The molecule has 0 atom stereocenters. The summed E-state index contributed by atoms with van der Waals surface area (Å²) < 4.78 is 5.36. The Bertz CT molecular complexity index is 461. The van der Waals surface area contributed by atoms with E-state index in [1.54, 1.807) is 18.3 Å². The highest BCUT2D eigenvalue weighted by atomic mass is 35.5. The number of nitrogens with zero attached hydrogens (tertiary/aromatic N) is 1. The van der Waals surface area contributed by atoms with Gasteiger partial charge in [-0.2, -0.15) is 0 Å². The largest absolute Gasteiger partial charge is 0.475 e. The maximum Gasteiger partial charge on any atom is 0.232 e. The number of carbonyl (C=O) groups excluding carboxylic acids is 1. The van der Waals surface area contributed by atoms with E-state index in [4.69, 9.17) is 16.3 Å². The summed E-state index contributed by atoms with van der Waals surface area (Å²) in [5, 5.41) is 13.3. The van der Waals surface area contributed by atoms with Gasteiger partial charge in [-0.25, -0.2) is 4.98 Å². The fourth-order valence-electron chi connectivity index (χ4n) is 2.39. The summed E-state index contributed by atoms with van der Waals surface area (Å²) in [6.45, 7) is 0.655. The van der Waals surface area contributed by atoms with Gasteiger partial charge in [0.05, 0.1) is 18.6 Å². The number of hydrogen-bond donors (Lipinski definition) is 2. The first-order chi connectivity index (χ1) is 9.59. The molecule has 6 heteroatoms. The molecule has 1 amide bonds. The van der Waals surface area contributed by atoms with Crippen LogP contribution in [0.1, 0.15) is 32.1 Å². The maximum absolute atomic E-state index is 11.7. The summed E-state index contributed by atoms with van der Waals surface area (Å²) in [6.07, 6.45) is 5.16. The van der Waals surface area contributed by atoms with Crippen LogP contribution >= 0.6 is 11.6 Å². The lowest BCUT2D eigenvalue weighted by Gasteiger charge is -2.21. The Labute approximate surface area is 123 Å². The van der Waals surface area contributed by atoms with E-state index in [0.717, 1.165) is 12.8 Å². The molecule has 0 saturated heterocycles. The van der Waals surface area contributed by atoms with Crippen molar-refractivity contribution >= 4 is 17.5 Å². The molecular formula is C14H19ClN2O3. The summed E-state index contributed by atoms with van der Waals surface area (Å²) >= 11 is 5.89. The van der Waals surface area contributed by atoms with Crippen molar-refractivity contribution in [2.45, 2.75) is 37.7 Å². The quantitative estimate of drug-likeness (QED) is 0.787. The number of rotatable bonds is 6. The molecule has 20 heavy (non-hydrogen) atoms. The number of carbonyl (C=O) groups is 1. The van der Waals surface area contributed by atoms with Crippen LogP contribution in [0.4, 0.5) is 0 Å². The van der Waals surface area contributed by atoms with E-state index in [9.17, 15) is 9.90 Å². The molecule has 5 nitrogen and oxygen atoms in total. The molecule has 1 heterocycles. The molecule has 110 valence electrons. The molecule has 0 spiro atoms. The van der Waals surface area contributed by atoms with Crippen molar-refractivity contribution in [1.82, 2.24) is 10.3 Å². The molecule has 2 rings (SSSR count). The Morgan fingerprint density at radius 2 is 2.25 bits per heavy atom. The average molecular weight is 299 g/mol. The third-order valence-corrected chi connectivity index (χ3v) is 3.70. The van der Waals surface area contributed by atoms with E-state index in [-0.39, 0.29) is 12.3 Å². The normalized spacial score (nSPS) is 16.9. The van der Waals surface area contributed by atoms with E-state index in [2.05, 4.69) is 10.3 Å². The van der Waals surface area contributed by atoms with Crippen LogP contribution in [0.5, 0.6) is 5.88 Å². The Morgan fingerprint density at radius 3 is 2.95 bits per heavy atom. The van der Waals surface area contributed by atoms with E-state index >= 15 is 0 Å². The third kappa shape index (κ3) is 4.35. The highest BCUT2D eigenvalue weighted by Gasteiger charge is 2.33. The summed E-state index contributed by atoms with van der Waals surface area (Å²) in [4.78, 5) is 15.7. The lowest BCUT2D eigenvalue weighted by atomic mass is 9.98. The van der Waals surface area contributed by atoms with Crippen LogP contribution in [-0.4, -0.2) is 34.8 Å². The van der Waals surface area contributed by atoms with Crippen molar-refractivity contribution in [3.05, 3.63) is 23.4 Å². The number of pyridine rings is 1. The van der Waals surface area contributed by atoms with E-state index in [1.807, 2.05) is 0 Å². The van der Waals surface area contributed by atoms with Gasteiger partial charge in [-0.1, -0.05) is 24.4 Å². The van der Waals surface area contributed by atoms with Crippen LogP contribution in [0.15, 0.2) is 18.3 Å². The number of hydrogen-bond acceptors (Lipinski definition) is 4. The predicted octanol–water partition coefficient (Wildman–Crippen LogP) is 1.93. The van der Waals surface area contributed by atoms with Crippen molar-refractivity contribution < 1.29 is 14.6 Å². The standard InChI is InChI=1S/C14H19ClN2O3/c15-11-4-3-7-17-13(11)20-9-8-16-12(18)10-14(19)5-1-2-6-14/h3-4,7,19H,1-2,5-6,8-10H2,(H,16,18). The second-order valence-corrected chi connectivity index (χ2v) is 5.50. The molecule has 1 saturated carbocycles. The number of nitrogens with one attached hydrogen (secondary N) is 1. The smallest absolute Gasteiger partial charge is 0.232 e. The van der Waals surface area contributed by atoms with Gasteiger partial charge >= 0.3 is 0 Å². The molecule has 0 bridgehead atoms. The van der Waals surface area contributed by atoms with Gasteiger partial charge in [0.15, 0.2) is 0 Å². The summed E-state index contributed by atoms with van der Waals surface area (Å²) in [5.74, 6) is 0.211. The Balaban J connectivity index is 1.66. The van der Waals surface area contributed by atoms with Gasteiger partial charge in [0.2, 0.25) is 11.8 Å². The van der Waals surface area contributed by atoms with Gasteiger partial charge in [-0.3, -0.25) is 4.79 Å². The molecule has 1 aromatic heterocycles. The fraction of sp³-hybridized carbons (Fsp3) is 0.571. The second-order valence-electron chi connectivity index (χ2n) is 5.10. The van der Waals surface area contributed by atoms with Crippen molar-refractivity contribution in [3.8, 4) is 5.88 Å². The minimum atomic E-state index is -0.810. The highest BCUT2D eigenvalue weighted by Crippen LogP contribution is 2.32. The molecule has 1 fully saturated rings. The molecule has 0 aliphatic heterocycles. The number of ether oxygens (including phenoxy) is 1. The first-order valence-corrected chi connectivity index (χ1v) is 7.19. The van der Waals surface area contributed by atoms with Crippen LogP contribution in [0.2, 0.25) is 5.02 Å². The molecular weight excluding hydrogens is 280 g/mol. The highest BCUT2D eigenvalue weighted by molar-refractivity contribution is 6.31. The van der Waals surface area contributed by atoms with Crippen LogP contribution in [0, 0.1) is 0 Å². The number of amides is 1. The average Bonchev–Trinajstić information content (AvgIpc) is 2.83. The number of aliphatic hydroxyl groups is 1. The Hall–Kier alpha value is -1.33. The predicted molar refractivity (Wildman–Crippen MR) is 75.8 cm³/mol. The lowest BCUT2D eigenvalue weighted by Crippen LogP contribution is -2.36. The van der Waals surface area contributed by atoms with Gasteiger partial charge in [-0.05, 0) is 25.0 Å². The molecule has 1 aliphatic carbocycles. The zero-order valence-electron chi connectivity index (χ0n) is 11.3. The molecule has 1 aromatic rings. The van der Waals surface area contributed by atoms with Gasteiger partial charge < -0.3 is 15.2 Å². The van der Waals surface area contributed by atoms with Crippen molar-refractivity contribution in [3.63, 3.8) is 0 Å². The Kier molecular flexibility index (Phi) is 5.20. The van der Waals surface area contributed by atoms with Crippen molar-refractivity contribution in [2.24, 2.45) is 0 Å². The molecule has 1 aliphatic rings. The molecule has 0 aromatic carbocycles. The zero-order valence-corrected chi connectivity index (χ0v) is 12.0. The van der Waals surface area contributed by atoms with Crippen LogP contribution in [-0.2, 0) is 4.79 Å². The maximum atomic E-state index is 11.7. The number of halogens is 1. The summed E-state index contributed by atoms with van der Waals surface area (Å²) in [6, 6.07) is 3.41. The van der Waals surface area contributed by atoms with Crippen molar-refractivity contribution in [1.29, 1.82) is 0 Å². The van der Waals surface area contributed by atoms with E-state index in [1.165, 1.54) is 0 Å². The SMILES string of the molecule is O=C(CC1(O)CCCC1)NCCOc1ncccc1Cl. The third-order valence-electron chi connectivity index (χ3n) is 3.41. The number of aromatic nitrogens is 1. The van der Waals surface area contributed by atoms with Crippen LogP contribution < -0.4 is 10.1 Å². The van der Waals surface area contributed by atoms with Crippen molar-refractivity contribution in [2.75, 3.05) is 13.2 Å². The topological polar surface area (TPSA) is 71.5 Å². The Morgan fingerprint density at radius 1 is 1.50 bits per heavy atom. The van der Waals surface area contributed by atoms with E-state index in [0.29, 0.717) is 36.9 Å². The zero-order chi connectivity index (χ0) is 14.4. The van der Waals surface area contributed by atoms with Crippen LogP contribution in [0.25, 0.3) is 0 Å². The van der Waals surface area contributed by atoms with E-state index < -0.39 is 5.60 Å².